The minimum Gasteiger partial charge on any atom is -1.00 e. The van der Waals surface area contributed by atoms with Gasteiger partial charge in [0, 0.05) is 12.3 Å². The summed E-state index contributed by atoms with van der Waals surface area (Å²) in [5.41, 5.74) is 0.216. The number of amides is 1. The molecule has 0 aromatic heterocycles. The van der Waals surface area contributed by atoms with Crippen molar-refractivity contribution in [3.63, 3.8) is 0 Å². The standard InChI is InChI=1S/C14H17N3O4S.Na.H/c18-12(16-7-3-4-22-14(7)21)11-9-10-6(5-15-9)1-2-8(13(19)20)17(10)11;;/h2,6-7,9-11,15H,1,3-5H2,(H,16,18)(H,19,20);;/q;+1;-1/t6?,7-,9?,10?,11?;;/m0../s1. The first-order chi connectivity index (χ1) is 10.6. The van der Waals surface area contributed by atoms with Gasteiger partial charge >= 0.3 is 35.5 Å². The van der Waals surface area contributed by atoms with Crippen LogP contribution < -0.4 is 40.2 Å². The van der Waals surface area contributed by atoms with Crippen LogP contribution in [-0.2, 0) is 14.4 Å². The molecule has 0 bridgehead atoms. The summed E-state index contributed by atoms with van der Waals surface area (Å²) in [6.45, 7) is 0.803. The van der Waals surface area contributed by atoms with E-state index in [4.69, 9.17) is 0 Å². The zero-order chi connectivity index (χ0) is 15.4. The Labute approximate surface area is 161 Å². The Balaban J connectivity index is 0.00000104. The van der Waals surface area contributed by atoms with Crippen LogP contribution in [0.5, 0.6) is 0 Å². The first kappa shape index (κ1) is 17.3. The van der Waals surface area contributed by atoms with E-state index in [1.54, 1.807) is 11.0 Å². The van der Waals surface area contributed by atoms with Gasteiger partial charge in [0.05, 0.1) is 18.1 Å². The van der Waals surface area contributed by atoms with Crippen molar-refractivity contribution in [3.05, 3.63) is 11.8 Å². The van der Waals surface area contributed by atoms with Crippen LogP contribution in [-0.4, -0.2) is 63.5 Å². The Kier molecular flexibility index (Phi) is 4.81. The Hall–Kier alpha value is -0.540. The number of aliphatic carboxylic acids is 1. The van der Waals surface area contributed by atoms with E-state index >= 15 is 0 Å². The molecule has 4 heterocycles. The molecule has 120 valence electrons. The molecule has 3 fully saturated rings. The first-order valence-corrected chi connectivity index (χ1v) is 8.48. The molecule has 3 saturated heterocycles. The maximum atomic E-state index is 12.6. The number of rotatable bonds is 3. The zero-order valence-corrected chi connectivity index (χ0v) is 15.6. The van der Waals surface area contributed by atoms with Gasteiger partial charge < -0.3 is 22.1 Å². The molecule has 0 saturated carbocycles. The molecule has 0 spiro atoms. The Bertz CT molecular complexity index is 605. The zero-order valence-electron chi connectivity index (χ0n) is 13.8. The van der Waals surface area contributed by atoms with E-state index in [2.05, 4.69) is 10.6 Å². The van der Waals surface area contributed by atoms with Crippen molar-refractivity contribution in [2.45, 2.75) is 37.0 Å². The van der Waals surface area contributed by atoms with Gasteiger partial charge in [-0.3, -0.25) is 9.59 Å². The van der Waals surface area contributed by atoms with Crippen molar-refractivity contribution in [3.8, 4) is 0 Å². The van der Waals surface area contributed by atoms with Crippen LogP contribution >= 0.6 is 11.8 Å². The number of nitrogens with zero attached hydrogens (tertiary/aromatic N) is 1. The van der Waals surface area contributed by atoms with E-state index in [9.17, 15) is 19.5 Å². The molecule has 0 aliphatic carbocycles. The molecule has 5 atom stereocenters. The Morgan fingerprint density at radius 2 is 2.26 bits per heavy atom. The molecular formula is C14H18N3NaO4S. The smallest absolute Gasteiger partial charge is 1.00 e. The first-order valence-electron chi connectivity index (χ1n) is 7.50. The summed E-state index contributed by atoms with van der Waals surface area (Å²) >= 11 is 1.24. The van der Waals surface area contributed by atoms with E-state index in [1.807, 2.05) is 0 Å². The molecule has 4 rings (SSSR count). The Morgan fingerprint density at radius 3 is 2.91 bits per heavy atom. The van der Waals surface area contributed by atoms with Crippen molar-refractivity contribution in [2.24, 2.45) is 5.92 Å². The fourth-order valence-electron chi connectivity index (χ4n) is 4.05. The fourth-order valence-corrected chi connectivity index (χ4v) is 4.98. The molecule has 0 aromatic carbocycles. The number of nitrogens with one attached hydrogen (secondary N) is 2. The van der Waals surface area contributed by atoms with Crippen LogP contribution in [0.2, 0.25) is 0 Å². The van der Waals surface area contributed by atoms with Crippen LogP contribution in [0.25, 0.3) is 0 Å². The minimum atomic E-state index is -0.992. The number of carbonyl (C=O) groups is 3. The third-order valence-electron chi connectivity index (χ3n) is 5.06. The van der Waals surface area contributed by atoms with Crippen molar-refractivity contribution in [1.29, 1.82) is 0 Å². The molecule has 1 amide bonds. The molecule has 7 nitrogen and oxygen atoms in total. The van der Waals surface area contributed by atoms with Crippen LogP contribution in [0.1, 0.15) is 14.3 Å². The summed E-state index contributed by atoms with van der Waals surface area (Å²) in [4.78, 5) is 37.4. The molecule has 4 unspecified atom stereocenters. The molecule has 4 aliphatic heterocycles. The van der Waals surface area contributed by atoms with Gasteiger partial charge in [0.25, 0.3) is 0 Å². The third kappa shape index (κ3) is 2.64. The van der Waals surface area contributed by atoms with Gasteiger partial charge in [-0.05, 0) is 18.8 Å². The molecule has 0 radical (unpaired) electrons. The van der Waals surface area contributed by atoms with Gasteiger partial charge in [-0.25, -0.2) is 4.79 Å². The number of carbonyl (C=O) groups excluding carboxylic acids is 2. The SMILES string of the molecule is O=C(O)C1=CCC2CNC3C(C(=O)N[C@H]4CCSC4=O)N1C23.[H-].[Na+]. The van der Waals surface area contributed by atoms with Gasteiger partial charge in [-0.15, -0.1) is 0 Å². The summed E-state index contributed by atoms with van der Waals surface area (Å²) in [6, 6.07) is -0.899. The number of hydrogen-bond donors (Lipinski definition) is 3. The predicted molar refractivity (Wildman–Crippen MR) is 80.2 cm³/mol. The number of allylic oxidation sites excluding steroid dienone is 1. The van der Waals surface area contributed by atoms with Crippen molar-refractivity contribution in [1.82, 2.24) is 15.5 Å². The maximum absolute atomic E-state index is 12.6. The van der Waals surface area contributed by atoms with Crippen molar-refractivity contribution < 1.29 is 50.5 Å². The quantitative estimate of drug-likeness (QED) is 0.452. The molecule has 3 N–H and O–H groups in total. The topological polar surface area (TPSA) is 98.7 Å². The molecule has 23 heavy (non-hydrogen) atoms. The van der Waals surface area contributed by atoms with E-state index in [0.717, 1.165) is 18.7 Å². The summed E-state index contributed by atoms with van der Waals surface area (Å²) in [7, 11) is 0. The average Bonchev–Trinajstić information content (AvgIpc) is 3.02. The number of carboxylic acids is 1. The molecule has 9 heteroatoms. The average molecular weight is 347 g/mol. The fraction of sp³-hybridized carbons (Fsp3) is 0.643. The monoisotopic (exact) mass is 347 g/mol. The van der Waals surface area contributed by atoms with E-state index in [-0.39, 0.29) is 59.8 Å². The largest absolute Gasteiger partial charge is 1.00 e. The second kappa shape index (κ2) is 6.40. The summed E-state index contributed by atoms with van der Waals surface area (Å²) < 4.78 is 0. The molecular weight excluding hydrogens is 329 g/mol. The van der Waals surface area contributed by atoms with Gasteiger partial charge in [0.2, 0.25) is 11.0 Å². The summed E-state index contributed by atoms with van der Waals surface area (Å²) in [6.07, 6.45) is 3.09. The van der Waals surface area contributed by atoms with Crippen molar-refractivity contribution >= 4 is 28.8 Å². The Morgan fingerprint density at radius 1 is 1.48 bits per heavy atom. The van der Waals surface area contributed by atoms with Crippen LogP contribution in [0.4, 0.5) is 0 Å². The van der Waals surface area contributed by atoms with Crippen LogP contribution in [0, 0.1) is 5.92 Å². The van der Waals surface area contributed by atoms with E-state index < -0.39 is 18.1 Å². The van der Waals surface area contributed by atoms with Crippen molar-refractivity contribution in [2.75, 3.05) is 12.3 Å². The van der Waals surface area contributed by atoms with Gasteiger partial charge in [-0.1, -0.05) is 17.8 Å². The van der Waals surface area contributed by atoms with Gasteiger partial charge in [0.15, 0.2) is 0 Å². The minimum absolute atomic E-state index is 0. The molecule has 0 aromatic rings. The van der Waals surface area contributed by atoms with E-state index in [0.29, 0.717) is 12.3 Å². The van der Waals surface area contributed by atoms with E-state index in [1.165, 1.54) is 11.8 Å². The number of hydrogen-bond acceptors (Lipinski definition) is 6. The van der Waals surface area contributed by atoms with Crippen LogP contribution in [0.15, 0.2) is 11.8 Å². The number of thioether (sulfide) groups is 1. The van der Waals surface area contributed by atoms with Gasteiger partial charge in [0.1, 0.15) is 11.7 Å². The third-order valence-corrected chi connectivity index (χ3v) is 6.07. The number of carboxylic acid groups (broad SMARTS) is 1. The molecule has 4 aliphatic rings. The summed E-state index contributed by atoms with van der Waals surface area (Å²) in [5, 5.41) is 15.5. The second-order valence-corrected chi connectivity index (χ2v) is 7.28. The maximum Gasteiger partial charge on any atom is 1.00 e. The second-order valence-electron chi connectivity index (χ2n) is 6.18. The van der Waals surface area contributed by atoms with Gasteiger partial charge in [-0.2, -0.15) is 0 Å². The van der Waals surface area contributed by atoms with Crippen LogP contribution in [0.3, 0.4) is 0 Å². The normalized spacial score (nSPS) is 37.4. The summed E-state index contributed by atoms with van der Waals surface area (Å²) in [5.74, 6) is -0.149. The predicted octanol–water partition coefficient (Wildman–Crippen LogP) is -3.74.